The molecule has 3 N–H and O–H groups in total. The summed E-state index contributed by atoms with van der Waals surface area (Å²) in [5.74, 6) is 7.12. The number of aromatic nitrogens is 2. The fraction of sp³-hybridized carbons (Fsp3) is 0.273. The van der Waals surface area contributed by atoms with Crippen LogP contribution in [0.25, 0.3) is 10.7 Å². The number of anilines is 1. The summed E-state index contributed by atoms with van der Waals surface area (Å²) in [5.41, 5.74) is 3.56. The number of nitrogens with zero attached hydrogens (tertiary/aromatic N) is 2. The monoisotopic (exact) mass is 312 g/mol. The number of hydrogen-bond donors (Lipinski definition) is 2. The number of rotatable bonds is 3. The first-order valence-corrected chi connectivity index (χ1v) is 6.87. The maximum absolute atomic E-state index is 5.42. The Morgan fingerprint density at radius 1 is 1.35 bits per heavy atom. The fourth-order valence-corrected chi connectivity index (χ4v) is 2.74. The average Bonchev–Trinajstić information content (AvgIpc) is 2.75. The number of nitrogens with one attached hydrogen (secondary N) is 1. The molecule has 0 atom stereocenters. The SMILES string of the molecule is CC(C)c1cc(NN)nc(-c2cc(Br)cs2)n1. The van der Waals surface area contributed by atoms with Gasteiger partial charge in [0.2, 0.25) is 0 Å². The van der Waals surface area contributed by atoms with Crippen LogP contribution in [0.3, 0.4) is 0 Å². The molecule has 2 heterocycles. The maximum Gasteiger partial charge on any atom is 0.171 e. The molecule has 0 aliphatic carbocycles. The second-order valence-electron chi connectivity index (χ2n) is 3.93. The number of hydrogen-bond acceptors (Lipinski definition) is 5. The van der Waals surface area contributed by atoms with Crippen LogP contribution in [0, 0.1) is 0 Å². The van der Waals surface area contributed by atoms with Crippen molar-refractivity contribution in [2.24, 2.45) is 5.84 Å². The normalized spacial score (nSPS) is 10.9. The van der Waals surface area contributed by atoms with Crippen LogP contribution in [-0.4, -0.2) is 9.97 Å². The zero-order valence-corrected chi connectivity index (χ0v) is 12.0. The van der Waals surface area contributed by atoms with E-state index in [0.717, 1.165) is 15.0 Å². The Balaban J connectivity index is 2.49. The van der Waals surface area contributed by atoms with Gasteiger partial charge in [-0.2, -0.15) is 0 Å². The van der Waals surface area contributed by atoms with Gasteiger partial charge in [0.25, 0.3) is 0 Å². The first-order chi connectivity index (χ1) is 8.10. The van der Waals surface area contributed by atoms with Gasteiger partial charge in [-0.15, -0.1) is 11.3 Å². The Kier molecular flexibility index (Phi) is 3.76. The summed E-state index contributed by atoms with van der Waals surface area (Å²) in [7, 11) is 0. The predicted molar refractivity (Wildman–Crippen MR) is 74.9 cm³/mol. The molecule has 0 fully saturated rings. The Labute approximate surface area is 112 Å². The summed E-state index contributed by atoms with van der Waals surface area (Å²) in [6, 6.07) is 3.88. The molecule has 0 bridgehead atoms. The highest BCUT2D eigenvalue weighted by Crippen LogP contribution is 2.29. The van der Waals surface area contributed by atoms with E-state index in [1.807, 2.05) is 17.5 Å². The Bertz CT molecular complexity index is 524. The number of hydrazine groups is 1. The second-order valence-corrected chi connectivity index (χ2v) is 5.76. The van der Waals surface area contributed by atoms with Crippen molar-refractivity contribution in [2.75, 3.05) is 5.43 Å². The van der Waals surface area contributed by atoms with Gasteiger partial charge in [0, 0.05) is 21.6 Å². The van der Waals surface area contributed by atoms with E-state index < -0.39 is 0 Å². The first kappa shape index (κ1) is 12.5. The van der Waals surface area contributed by atoms with Crippen molar-refractivity contribution < 1.29 is 0 Å². The molecule has 0 saturated carbocycles. The molecule has 2 aromatic heterocycles. The third kappa shape index (κ3) is 2.83. The number of nitrogen functional groups attached to an aromatic ring is 1. The van der Waals surface area contributed by atoms with Crippen molar-refractivity contribution in [2.45, 2.75) is 19.8 Å². The quantitative estimate of drug-likeness (QED) is 0.673. The van der Waals surface area contributed by atoms with Crippen LogP contribution in [0.2, 0.25) is 0 Å². The molecule has 0 spiro atoms. The third-order valence-corrected chi connectivity index (χ3v) is 3.96. The van der Waals surface area contributed by atoms with Crippen molar-refractivity contribution in [3.8, 4) is 10.7 Å². The van der Waals surface area contributed by atoms with E-state index in [-0.39, 0.29) is 0 Å². The van der Waals surface area contributed by atoms with Crippen LogP contribution in [-0.2, 0) is 0 Å². The fourth-order valence-electron chi connectivity index (χ4n) is 1.38. The van der Waals surface area contributed by atoms with E-state index >= 15 is 0 Å². The van der Waals surface area contributed by atoms with Gasteiger partial charge in [0.05, 0.1) is 4.88 Å². The van der Waals surface area contributed by atoms with Gasteiger partial charge in [0.15, 0.2) is 5.82 Å². The third-order valence-electron chi connectivity index (χ3n) is 2.27. The van der Waals surface area contributed by atoms with Crippen molar-refractivity contribution in [3.63, 3.8) is 0 Å². The lowest BCUT2D eigenvalue weighted by molar-refractivity contribution is 0.817. The van der Waals surface area contributed by atoms with Crippen molar-refractivity contribution in [3.05, 3.63) is 27.7 Å². The van der Waals surface area contributed by atoms with E-state index in [4.69, 9.17) is 5.84 Å². The number of halogens is 1. The molecule has 17 heavy (non-hydrogen) atoms. The largest absolute Gasteiger partial charge is 0.308 e. The highest BCUT2D eigenvalue weighted by Gasteiger charge is 2.10. The molecule has 6 heteroatoms. The van der Waals surface area contributed by atoms with Crippen molar-refractivity contribution in [1.29, 1.82) is 0 Å². The van der Waals surface area contributed by atoms with Gasteiger partial charge in [-0.05, 0) is 27.9 Å². The standard InChI is InChI=1S/C11H13BrN4S/c1-6(2)8-4-10(16-13)15-11(14-8)9-3-7(12)5-17-9/h3-6H,13H2,1-2H3,(H,14,15,16). The van der Waals surface area contributed by atoms with Gasteiger partial charge >= 0.3 is 0 Å². The molecule has 2 rings (SSSR count). The molecule has 0 aliphatic rings. The van der Waals surface area contributed by atoms with Crippen LogP contribution in [0.5, 0.6) is 0 Å². The molecular formula is C11H13BrN4S. The van der Waals surface area contributed by atoms with Crippen LogP contribution >= 0.6 is 27.3 Å². The van der Waals surface area contributed by atoms with Crippen LogP contribution in [0.1, 0.15) is 25.5 Å². The average molecular weight is 313 g/mol. The highest BCUT2D eigenvalue weighted by atomic mass is 79.9. The molecule has 0 saturated heterocycles. The van der Waals surface area contributed by atoms with Crippen molar-refractivity contribution >= 4 is 33.1 Å². The Morgan fingerprint density at radius 2 is 2.12 bits per heavy atom. The van der Waals surface area contributed by atoms with E-state index in [1.54, 1.807) is 11.3 Å². The van der Waals surface area contributed by atoms with Gasteiger partial charge in [0.1, 0.15) is 5.82 Å². The molecule has 0 aromatic carbocycles. The van der Waals surface area contributed by atoms with Gasteiger partial charge in [-0.1, -0.05) is 13.8 Å². The topological polar surface area (TPSA) is 63.8 Å². The summed E-state index contributed by atoms with van der Waals surface area (Å²) in [4.78, 5) is 9.93. The van der Waals surface area contributed by atoms with Crippen LogP contribution in [0.4, 0.5) is 5.82 Å². The highest BCUT2D eigenvalue weighted by molar-refractivity contribution is 9.10. The lowest BCUT2D eigenvalue weighted by Gasteiger charge is -2.08. The molecule has 0 aliphatic heterocycles. The lowest BCUT2D eigenvalue weighted by Crippen LogP contribution is -2.10. The van der Waals surface area contributed by atoms with Gasteiger partial charge in [-0.25, -0.2) is 15.8 Å². The molecule has 2 aromatic rings. The second kappa shape index (κ2) is 5.12. The Morgan fingerprint density at radius 3 is 2.65 bits per heavy atom. The first-order valence-electron chi connectivity index (χ1n) is 5.20. The van der Waals surface area contributed by atoms with Crippen molar-refractivity contribution in [1.82, 2.24) is 9.97 Å². The van der Waals surface area contributed by atoms with E-state index in [2.05, 4.69) is 45.2 Å². The smallest absolute Gasteiger partial charge is 0.171 e. The summed E-state index contributed by atoms with van der Waals surface area (Å²) in [6.07, 6.45) is 0. The van der Waals surface area contributed by atoms with Gasteiger partial charge in [-0.3, -0.25) is 0 Å². The van der Waals surface area contributed by atoms with E-state index in [9.17, 15) is 0 Å². The zero-order valence-electron chi connectivity index (χ0n) is 9.57. The lowest BCUT2D eigenvalue weighted by atomic mass is 10.1. The van der Waals surface area contributed by atoms with E-state index in [1.165, 1.54) is 0 Å². The maximum atomic E-state index is 5.42. The minimum Gasteiger partial charge on any atom is -0.308 e. The molecule has 0 amide bonds. The molecular weight excluding hydrogens is 300 g/mol. The van der Waals surface area contributed by atoms with E-state index in [0.29, 0.717) is 17.6 Å². The summed E-state index contributed by atoms with van der Waals surface area (Å²) >= 11 is 5.03. The van der Waals surface area contributed by atoms with Crippen LogP contribution < -0.4 is 11.3 Å². The van der Waals surface area contributed by atoms with Gasteiger partial charge < -0.3 is 5.43 Å². The molecule has 90 valence electrons. The molecule has 0 unspecified atom stereocenters. The zero-order chi connectivity index (χ0) is 12.4. The molecule has 4 nitrogen and oxygen atoms in total. The number of thiophene rings is 1. The molecule has 0 radical (unpaired) electrons. The minimum absolute atomic E-state index is 0.340. The Hall–Kier alpha value is -0.980. The van der Waals surface area contributed by atoms with Crippen LogP contribution in [0.15, 0.2) is 22.0 Å². The summed E-state index contributed by atoms with van der Waals surface area (Å²) < 4.78 is 1.04. The summed E-state index contributed by atoms with van der Waals surface area (Å²) in [5, 5.41) is 2.01. The summed E-state index contributed by atoms with van der Waals surface area (Å²) in [6.45, 7) is 4.19. The minimum atomic E-state index is 0.340. The predicted octanol–water partition coefficient (Wildman–Crippen LogP) is 3.38. The number of nitrogens with two attached hydrogens (primary N) is 1.